The SMILES string of the molecule is C[C@H](NCP(=O)(O)O)C(=O)NO. The molecule has 0 aromatic carbocycles. The summed E-state index contributed by atoms with van der Waals surface area (Å²) in [5.41, 5.74) is 1.35. The van der Waals surface area contributed by atoms with Crippen LogP contribution in [0.3, 0.4) is 0 Å². The molecule has 0 radical (unpaired) electrons. The lowest BCUT2D eigenvalue weighted by atomic mass is 10.3. The number of hydrogen-bond acceptors (Lipinski definition) is 4. The van der Waals surface area contributed by atoms with Crippen molar-refractivity contribution in [1.29, 1.82) is 0 Å². The average Bonchev–Trinajstić information content (AvgIpc) is 1.97. The summed E-state index contributed by atoms with van der Waals surface area (Å²) < 4.78 is 10.3. The molecule has 0 spiro atoms. The van der Waals surface area contributed by atoms with Gasteiger partial charge in [0.25, 0.3) is 5.91 Å². The Morgan fingerprint density at radius 1 is 1.58 bits per heavy atom. The molecule has 0 aromatic rings. The highest BCUT2D eigenvalue weighted by molar-refractivity contribution is 7.51. The predicted octanol–water partition coefficient (Wildman–Crippen LogP) is -1.39. The highest BCUT2D eigenvalue weighted by Crippen LogP contribution is 2.32. The zero-order valence-corrected chi connectivity index (χ0v) is 7.28. The van der Waals surface area contributed by atoms with Crippen LogP contribution in [0.2, 0.25) is 0 Å². The Morgan fingerprint density at radius 2 is 2.08 bits per heavy atom. The van der Waals surface area contributed by atoms with Crippen LogP contribution in [0.4, 0.5) is 0 Å². The quantitative estimate of drug-likeness (QED) is 0.215. The van der Waals surface area contributed by atoms with E-state index in [-0.39, 0.29) is 0 Å². The van der Waals surface area contributed by atoms with Crippen LogP contribution >= 0.6 is 7.60 Å². The molecule has 7 nitrogen and oxygen atoms in total. The van der Waals surface area contributed by atoms with Crippen molar-refractivity contribution in [2.24, 2.45) is 0 Å². The van der Waals surface area contributed by atoms with Gasteiger partial charge in [0.2, 0.25) is 0 Å². The van der Waals surface area contributed by atoms with Gasteiger partial charge in [0.1, 0.15) is 0 Å². The van der Waals surface area contributed by atoms with Crippen LogP contribution in [-0.4, -0.2) is 33.2 Å². The van der Waals surface area contributed by atoms with Crippen molar-refractivity contribution in [3.8, 4) is 0 Å². The summed E-state index contributed by atoms with van der Waals surface area (Å²) in [7, 11) is -4.14. The molecule has 1 atom stereocenters. The Hall–Kier alpha value is -0.460. The molecule has 0 aromatic heterocycles. The summed E-state index contributed by atoms with van der Waals surface area (Å²) in [6, 6.07) is -0.845. The summed E-state index contributed by atoms with van der Waals surface area (Å²) in [4.78, 5) is 27.3. The van der Waals surface area contributed by atoms with E-state index in [1.54, 1.807) is 0 Å². The number of carbonyl (C=O) groups is 1. The standard InChI is InChI=1S/C4H11N2O5P/c1-3(4(7)6-8)5-2-12(9,10)11/h3,5,8H,2H2,1H3,(H,6,7)(H2,9,10,11)/t3-/m0/s1. The fraction of sp³-hybridized carbons (Fsp3) is 0.750. The van der Waals surface area contributed by atoms with E-state index in [9.17, 15) is 9.36 Å². The van der Waals surface area contributed by atoms with Crippen LogP contribution in [-0.2, 0) is 9.36 Å². The minimum Gasteiger partial charge on any atom is -0.324 e. The first kappa shape index (κ1) is 11.5. The fourth-order valence-electron chi connectivity index (χ4n) is 0.445. The molecular weight excluding hydrogens is 187 g/mol. The van der Waals surface area contributed by atoms with Gasteiger partial charge in [0.05, 0.1) is 12.3 Å². The molecule has 0 saturated carbocycles. The summed E-state index contributed by atoms with van der Waals surface area (Å²) in [5.74, 6) is -0.747. The Bertz CT molecular complexity index is 202. The van der Waals surface area contributed by atoms with Crippen molar-refractivity contribution in [1.82, 2.24) is 10.8 Å². The molecular formula is C4H11N2O5P. The monoisotopic (exact) mass is 198 g/mol. The van der Waals surface area contributed by atoms with E-state index in [1.165, 1.54) is 12.4 Å². The number of amides is 1. The fourth-order valence-corrected chi connectivity index (χ4v) is 0.957. The highest BCUT2D eigenvalue weighted by Gasteiger charge is 2.17. The van der Waals surface area contributed by atoms with Gasteiger partial charge in [0, 0.05) is 0 Å². The number of carbonyl (C=O) groups excluding carboxylic acids is 1. The van der Waals surface area contributed by atoms with E-state index < -0.39 is 25.8 Å². The van der Waals surface area contributed by atoms with Crippen LogP contribution in [0.25, 0.3) is 0 Å². The molecule has 0 rings (SSSR count). The third-order valence-corrected chi connectivity index (χ3v) is 1.70. The van der Waals surface area contributed by atoms with Gasteiger partial charge in [-0.3, -0.25) is 19.9 Å². The highest BCUT2D eigenvalue weighted by atomic mass is 31.2. The van der Waals surface area contributed by atoms with Gasteiger partial charge in [-0.15, -0.1) is 0 Å². The van der Waals surface area contributed by atoms with Crippen molar-refractivity contribution in [2.45, 2.75) is 13.0 Å². The summed E-state index contributed by atoms with van der Waals surface area (Å²) in [6.45, 7) is 1.36. The second-order valence-electron chi connectivity index (χ2n) is 2.22. The van der Waals surface area contributed by atoms with Gasteiger partial charge >= 0.3 is 7.60 Å². The maximum absolute atomic E-state index is 10.6. The smallest absolute Gasteiger partial charge is 0.324 e. The van der Waals surface area contributed by atoms with Crippen molar-refractivity contribution >= 4 is 13.5 Å². The van der Waals surface area contributed by atoms with E-state index in [2.05, 4.69) is 5.32 Å². The van der Waals surface area contributed by atoms with Gasteiger partial charge in [-0.05, 0) is 6.92 Å². The Labute approximate surface area is 68.9 Å². The van der Waals surface area contributed by atoms with Crippen LogP contribution in [0.15, 0.2) is 0 Å². The third-order valence-electron chi connectivity index (χ3n) is 1.11. The summed E-state index contributed by atoms with van der Waals surface area (Å²) in [5, 5.41) is 10.3. The molecule has 8 heteroatoms. The minimum absolute atomic E-state index is 0.596. The lowest BCUT2D eigenvalue weighted by molar-refractivity contribution is -0.130. The molecule has 0 fully saturated rings. The molecule has 0 aliphatic heterocycles. The first-order chi connectivity index (χ1) is 5.37. The van der Waals surface area contributed by atoms with Crippen molar-refractivity contribution in [3.05, 3.63) is 0 Å². The van der Waals surface area contributed by atoms with Crippen LogP contribution in [0, 0.1) is 0 Å². The number of nitrogens with one attached hydrogen (secondary N) is 2. The van der Waals surface area contributed by atoms with Crippen LogP contribution in [0.5, 0.6) is 0 Å². The second-order valence-corrected chi connectivity index (χ2v) is 3.87. The summed E-state index contributed by atoms with van der Waals surface area (Å²) in [6.07, 6.45) is -0.596. The molecule has 5 N–H and O–H groups in total. The van der Waals surface area contributed by atoms with E-state index >= 15 is 0 Å². The average molecular weight is 198 g/mol. The first-order valence-electron chi connectivity index (χ1n) is 3.08. The topological polar surface area (TPSA) is 119 Å². The van der Waals surface area contributed by atoms with E-state index in [1.807, 2.05) is 0 Å². The molecule has 0 bridgehead atoms. The number of hydrogen-bond donors (Lipinski definition) is 5. The van der Waals surface area contributed by atoms with Crippen molar-refractivity contribution < 1.29 is 24.4 Å². The van der Waals surface area contributed by atoms with Crippen LogP contribution < -0.4 is 10.8 Å². The lowest BCUT2D eigenvalue weighted by Gasteiger charge is -2.11. The van der Waals surface area contributed by atoms with Gasteiger partial charge in [-0.25, -0.2) is 5.48 Å². The van der Waals surface area contributed by atoms with Gasteiger partial charge in [-0.1, -0.05) is 0 Å². The molecule has 0 unspecified atom stereocenters. The van der Waals surface area contributed by atoms with Crippen molar-refractivity contribution in [2.75, 3.05) is 6.29 Å². The molecule has 72 valence electrons. The molecule has 0 aliphatic carbocycles. The molecule has 1 amide bonds. The molecule has 0 heterocycles. The van der Waals surface area contributed by atoms with E-state index in [0.717, 1.165) is 0 Å². The summed E-state index contributed by atoms with van der Waals surface area (Å²) >= 11 is 0. The normalized spacial score (nSPS) is 14.0. The maximum atomic E-state index is 10.6. The first-order valence-corrected chi connectivity index (χ1v) is 4.88. The predicted molar refractivity (Wildman–Crippen MR) is 39.4 cm³/mol. The zero-order chi connectivity index (χ0) is 9.78. The lowest BCUT2D eigenvalue weighted by Crippen LogP contribution is -2.41. The van der Waals surface area contributed by atoms with Crippen LogP contribution in [0.1, 0.15) is 6.92 Å². The van der Waals surface area contributed by atoms with Crippen molar-refractivity contribution in [3.63, 3.8) is 0 Å². The van der Waals surface area contributed by atoms with Gasteiger partial charge < -0.3 is 9.79 Å². The molecule has 0 aliphatic rings. The Kier molecular flexibility index (Phi) is 4.36. The second kappa shape index (κ2) is 4.54. The molecule has 12 heavy (non-hydrogen) atoms. The zero-order valence-electron chi connectivity index (χ0n) is 6.39. The van der Waals surface area contributed by atoms with Gasteiger partial charge in [0.15, 0.2) is 0 Å². The number of rotatable bonds is 4. The third kappa shape index (κ3) is 5.22. The minimum atomic E-state index is -4.14. The van der Waals surface area contributed by atoms with Gasteiger partial charge in [-0.2, -0.15) is 0 Å². The van der Waals surface area contributed by atoms with E-state index in [4.69, 9.17) is 15.0 Å². The van der Waals surface area contributed by atoms with E-state index in [0.29, 0.717) is 0 Å². The maximum Gasteiger partial charge on any atom is 0.339 e. The Balaban J connectivity index is 3.79. The number of hydroxylamine groups is 1. The largest absolute Gasteiger partial charge is 0.339 e. The Morgan fingerprint density at radius 3 is 2.42 bits per heavy atom. The molecule has 0 saturated heterocycles.